The topological polar surface area (TPSA) is 54.0 Å². The highest BCUT2D eigenvalue weighted by molar-refractivity contribution is 6.31. The van der Waals surface area contributed by atoms with Crippen LogP contribution < -0.4 is 5.32 Å². The molecule has 1 aromatic rings. The lowest BCUT2D eigenvalue weighted by Crippen LogP contribution is -2.46. The summed E-state index contributed by atoms with van der Waals surface area (Å²) < 4.78 is 11.2. The van der Waals surface area contributed by atoms with E-state index in [0.717, 1.165) is 31.8 Å². The minimum atomic E-state index is -0.538. The second-order valence-electron chi connectivity index (χ2n) is 5.67. The number of nitrogens with zero attached hydrogens (tertiary/aromatic N) is 1. The number of benzene rings is 1. The number of hydrogen-bond acceptors (Lipinski definition) is 5. The molecule has 1 aliphatic heterocycles. The van der Waals surface area contributed by atoms with Crippen molar-refractivity contribution in [3.05, 3.63) is 34.9 Å². The van der Waals surface area contributed by atoms with Crippen LogP contribution in [0.25, 0.3) is 0 Å². The van der Waals surface area contributed by atoms with Gasteiger partial charge in [-0.2, -0.15) is 0 Å². The molecule has 0 amide bonds. The van der Waals surface area contributed by atoms with E-state index in [9.17, 15) is 5.11 Å². The Morgan fingerprint density at radius 3 is 3.09 bits per heavy atom. The van der Waals surface area contributed by atoms with Crippen LogP contribution in [-0.2, 0) is 16.1 Å². The summed E-state index contributed by atoms with van der Waals surface area (Å²) in [4.78, 5) is 2.25. The van der Waals surface area contributed by atoms with Gasteiger partial charge < -0.3 is 24.8 Å². The number of ether oxygens (including phenoxy) is 2. The van der Waals surface area contributed by atoms with E-state index in [0.29, 0.717) is 18.2 Å². The predicted molar refractivity (Wildman–Crippen MR) is 87.2 cm³/mol. The third-order valence-corrected chi connectivity index (χ3v) is 3.99. The molecule has 0 saturated carbocycles. The Kier molecular flexibility index (Phi) is 7.59. The van der Waals surface area contributed by atoms with Gasteiger partial charge in [0.1, 0.15) is 0 Å². The van der Waals surface area contributed by atoms with Crippen molar-refractivity contribution in [3.63, 3.8) is 0 Å². The fraction of sp³-hybridized carbons (Fsp3) is 0.625. The SMILES string of the molecule is CN1CCO[C@H](CNC[C@H](O)COCc2ccccc2Cl)C1. The maximum atomic E-state index is 9.91. The van der Waals surface area contributed by atoms with E-state index in [1.165, 1.54) is 0 Å². The molecule has 2 rings (SSSR count). The van der Waals surface area contributed by atoms with Crippen molar-refractivity contribution in [1.82, 2.24) is 10.2 Å². The fourth-order valence-electron chi connectivity index (χ4n) is 2.38. The van der Waals surface area contributed by atoms with Crippen LogP contribution >= 0.6 is 11.6 Å². The van der Waals surface area contributed by atoms with E-state index < -0.39 is 6.10 Å². The van der Waals surface area contributed by atoms with E-state index in [2.05, 4.69) is 17.3 Å². The van der Waals surface area contributed by atoms with E-state index in [1.54, 1.807) is 0 Å². The van der Waals surface area contributed by atoms with Crippen LogP contribution in [0.4, 0.5) is 0 Å². The maximum Gasteiger partial charge on any atom is 0.0897 e. The lowest BCUT2D eigenvalue weighted by molar-refractivity contribution is -0.0211. The number of nitrogens with one attached hydrogen (secondary N) is 1. The van der Waals surface area contributed by atoms with Gasteiger partial charge in [0.25, 0.3) is 0 Å². The maximum absolute atomic E-state index is 9.91. The van der Waals surface area contributed by atoms with Gasteiger partial charge in [0.15, 0.2) is 0 Å². The van der Waals surface area contributed by atoms with Crippen LogP contribution in [-0.4, -0.2) is 68.7 Å². The Hall–Kier alpha value is -0.690. The number of hydrogen-bond donors (Lipinski definition) is 2. The molecule has 0 bridgehead atoms. The largest absolute Gasteiger partial charge is 0.389 e. The molecule has 124 valence electrons. The van der Waals surface area contributed by atoms with Gasteiger partial charge in [0, 0.05) is 31.2 Å². The molecule has 1 aliphatic rings. The first-order valence-electron chi connectivity index (χ1n) is 7.65. The Morgan fingerprint density at radius 1 is 1.50 bits per heavy atom. The Morgan fingerprint density at radius 2 is 2.32 bits per heavy atom. The van der Waals surface area contributed by atoms with Crippen LogP contribution in [0.15, 0.2) is 24.3 Å². The van der Waals surface area contributed by atoms with Crippen molar-refractivity contribution in [2.75, 3.05) is 46.4 Å². The summed E-state index contributed by atoms with van der Waals surface area (Å²) >= 11 is 6.05. The lowest BCUT2D eigenvalue weighted by atomic mass is 10.2. The molecular formula is C16H25ClN2O3. The molecule has 0 unspecified atom stereocenters. The smallest absolute Gasteiger partial charge is 0.0897 e. The summed E-state index contributed by atoms with van der Waals surface area (Å²) in [6.45, 7) is 4.60. The molecule has 6 heteroatoms. The van der Waals surface area contributed by atoms with Crippen LogP contribution in [0.1, 0.15) is 5.56 Å². The standard InChI is InChI=1S/C16H25ClN2O3/c1-19-6-7-22-15(10-19)9-18-8-14(20)12-21-11-13-4-2-3-5-16(13)17/h2-5,14-15,18,20H,6-12H2,1H3/t14-,15+/m0/s1. The first-order chi connectivity index (χ1) is 10.6. The molecular weight excluding hydrogens is 304 g/mol. The lowest BCUT2D eigenvalue weighted by Gasteiger charge is -2.30. The first kappa shape index (κ1) is 17.7. The molecule has 22 heavy (non-hydrogen) atoms. The second kappa shape index (κ2) is 9.45. The summed E-state index contributed by atoms with van der Waals surface area (Å²) in [5.41, 5.74) is 0.933. The molecule has 1 saturated heterocycles. The zero-order valence-electron chi connectivity index (χ0n) is 13.0. The highest BCUT2D eigenvalue weighted by Gasteiger charge is 2.17. The van der Waals surface area contributed by atoms with Gasteiger partial charge in [0.2, 0.25) is 0 Å². The minimum absolute atomic E-state index is 0.190. The summed E-state index contributed by atoms with van der Waals surface area (Å²) in [6, 6.07) is 7.56. The van der Waals surface area contributed by atoms with Gasteiger partial charge in [-0.3, -0.25) is 0 Å². The van der Waals surface area contributed by atoms with Crippen molar-refractivity contribution in [2.45, 2.75) is 18.8 Å². The Bertz CT molecular complexity index is 447. The van der Waals surface area contributed by atoms with Crippen LogP contribution in [0.5, 0.6) is 0 Å². The molecule has 2 atom stereocenters. The number of rotatable bonds is 8. The first-order valence-corrected chi connectivity index (χ1v) is 8.03. The van der Waals surface area contributed by atoms with Crippen molar-refractivity contribution in [3.8, 4) is 0 Å². The Labute approximate surface area is 137 Å². The third-order valence-electron chi connectivity index (χ3n) is 3.62. The van der Waals surface area contributed by atoms with E-state index in [-0.39, 0.29) is 12.7 Å². The number of halogens is 1. The van der Waals surface area contributed by atoms with Gasteiger partial charge in [0.05, 0.1) is 32.0 Å². The van der Waals surface area contributed by atoms with Crippen LogP contribution in [0.3, 0.4) is 0 Å². The summed E-state index contributed by atoms with van der Waals surface area (Å²) in [5.74, 6) is 0. The Balaban J connectivity index is 1.56. The molecule has 0 radical (unpaired) electrons. The van der Waals surface area contributed by atoms with E-state index in [4.69, 9.17) is 21.1 Å². The monoisotopic (exact) mass is 328 g/mol. The van der Waals surface area contributed by atoms with Gasteiger partial charge in [-0.1, -0.05) is 29.8 Å². The molecule has 1 aromatic carbocycles. The van der Waals surface area contributed by atoms with Crippen molar-refractivity contribution in [1.29, 1.82) is 0 Å². The van der Waals surface area contributed by atoms with Gasteiger partial charge in [-0.25, -0.2) is 0 Å². The number of morpholine rings is 1. The summed E-state index contributed by atoms with van der Waals surface area (Å²) in [7, 11) is 2.09. The molecule has 2 N–H and O–H groups in total. The van der Waals surface area contributed by atoms with Gasteiger partial charge >= 0.3 is 0 Å². The van der Waals surface area contributed by atoms with Gasteiger partial charge in [-0.05, 0) is 18.7 Å². The second-order valence-corrected chi connectivity index (χ2v) is 6.08. The number of likely N-dealkylation sites (N-methyl/N-ethyl adjacent to an activating group) is 1. The van der Waals surface area contributed by atoms with Crippen molar-refractivity contribution in [2.24, 2.45) is 0 Å². The van der Waals surface area contributed by atoms with Gasteiger partial charge in [-0.15, -0.1) is 0 Å². The normalized spacial score (nSPS) is 21.0. The summed E-state index contributed by atoms with van der Waals surface area (Å²) in [6.07, 6.45) is -0.348. The highest BCUT2D eigenvalue weighted by Crippen LogP contribution is 2.15. The number of aliphatic hydroxyl groups excluding tert-OH is 1. The minimum Gasteiger partial charge on any atom is -0.389 e. The zero-order valence-corrected chi connectivity index (χ0v) is 13.8. The fourth-order valence-corrected chi connectivity index (χ4v) is 2.57. The van der Waals surface area contributed by atoms with Crippen LogP contribution in [0.2, 0.25) is 5.02 Å². The number of aliphatic hydroxyl groups is 1. The van der Waals surface area contributed by atoms with E-state index >= 15 is 0 Å². The quantitative estimate of drug-likeness (QED) is 0.749. The molecule has 5 nitrogen and oxygen atoms in total. The van der Waals surface area contributed by atoms with Crippen molar-refractivity contribution < 1.29 is 14.6 Å². The highest BCUT2D eigenvalue weighted by atomic mass is 35.5. The average Bonchev–Trinajstić information content (AvgIpc) is 2.49. The molecule has 0 aliphatic carbocycles. The third kappa shape index (κ3) is 6.20. The molecule has 0 spiro atoms. The zero-order chi connectivity index (χ0) is 15.8. The van der Waals surface area contributed by atoms with Crippen molar-refractivity contribution >= 4 is 11.6 Å². The average molecular weight is 329 g/mol. The predicted octanol–water partition coefficient (Wildman–Crippen LogP) is 1.14. The molecule has 1 fully saturated rings. The van der Waals surface area contributed by atoms with Crippen LogP contribution in [0, 0.1) is 0 Å². The molecule has 0 aromatic heterocycles. The van der Waals surface area contributed by atoms with E-state index in [1.807, 2.05) is 24.3 Å². The summed E-state index contributed by atoms with van der Waals surface area (Å²) in [5, 5.41) is 13.8. The molecule has 1 heterocycles.